The molecule has 0 saturated carbocycles. The van der Waals surface area contributed by atoms with E-state index in [9.17, 15) is 18.5 Å². The highest BCUT2D eigenvalue weighted by Gasteiger charge is 2.22. The molecule has 0 aliphatic carbocycles. The first-order chi connectivity index (χ1) is 8.92. The molecule has 8 nitrogen and oxygen atoms in total. The molecule has 2 aromatic rings. The third-order valence-electron chi connectivity index (χ3n) is 2.42. The molecule has 1 aromatic carbocycles. The van der Waals surface area contributed by atoms with Crippen molar-refractivity contribution in [1.82, 2.24) is 10.2 Å². The number of nitro benzene ring substituents is 1. The molecule has 0 saturated heterocycles. The average Bonchev–Trinajstić information content (AvgIpc) is 2.76. The Bertz CT molecular complexity index is 723. The van der Waals surface area contributed by atoms with Gasteiger partial charge in [-0.05, 0) is 13.0 Å². The first-order valence-electron chi connectivity index (χ1n) is 5.18. The maximum absolute atomic E-state index is 12.1. The lowest BCUT2D eigenvalue weighted by Gasteiger charge is -2.07. The van der Waals surface area contributed by atoms with E-state index in [1.54, 1.807) is 6.92 Å². The van der Waals surface area contributed by atoms with Crippen LogP contribution in [0.1, 0.15) is 5.69 Å². The van der Waals surface area contributed by atoms with Gasteiger partial charge in [-0.3, -0.25) is 19.9 Å². The summed E-state index contributed by atoms with van der Waals surface area (Å²) in [5.74, 6) is 0. The van der Waals surface area contributed by atoms with E-state index in [2.05, 4.69) is 14.9 Å². The molecule has 0 bridgehead atoms. The number of benzene rings is 1. The molecule has 0 unspecified atom stereocenters. The van der Waals surface area contributed by atoms with Crippen LogP contribution < -0.4 is 4.72 Å². The van der Waals surface area contributed by atoms with Crippen LogP contribution in [0, 0.1) is 17.0 Å². The predicted molar refractivity (Wildman–Crippen MR) is 67.2 cm³/mol. The van der Waals surface area contributed by atoms with Crippen molar-refractivity contribution in [2.45, 2.75) is 11.8 Å². The largest absolute Gasteiger partial charge is 0.293 e. The molecule has 0 amide bonds. The third kappa shape index (κ3) is 2.55. The summed E-state index contributed by atoms with van der Waals surface area (Å²) < 4.78 is 26.3. The number of H-pyrrole nitrogens is 1. The molecule has 19 heavy (non-hydrogen) atoms. The lowest BCUT2D eigenvalue weighted by atomic mass is 10.3. The van der Waals surface area contributed by atoms with Crippen LogP contribution in [0.4, 0.5) is 11.4 Å². The highest BCUT2D eigenvalue weighted by atomic mass is 32.2. The number of nitro groups is 1. The minimum atomic E-state index is -3.90. The molecule has 0 aliphatic heterocycles. The first kappa shape index (κ1) is 13.0. The zero-order valence-corrected chi connectivity index (χ0v) is 10.6. The normalized spacial score (nSPS) is 11.2. The van der Waals surface area contributed by atoms with E-state index < -0.39 is 14.9 Å². The van der Waals surface area contributed by atoms with Crippen molar-refractivity contribution in [2.75, 3.05) is 4.72 Å². The number of hydrogen-bond donors (Lipinski definition) is 2. The molecule has 1 aromatic heterocycles. The molecule has 100 valence electrons. The summed E-state index contributed by atoms with van der Waals surface area (Å²) in [6, 6.07) is 5.51. The van der Waals surface area contributed by atoms with Gasteiger partial charge in [0.2, 0.25) is 0 Å². The van der Waals surface area contributed by atoms with E-state index in [-0.39, 0.29) is 16.3 Å². The van der Waals surface area contributed by atoms with Crippen LogP contribution in [0.2, 0.25) is 0 Å². The number of aryl methyl sites for hydroxylation is 1. The van der Waals surface area contributed by atoms with Gasteiger partial charge in [-0.25, -0.2) is 8.42 Å². The highest BCUT2D eigenvalue weighted by Crippen LogP contribution is 2.26. The van der Waals surface area contributed by atoms with E-state index in [0.717, 1.165) is 6.20 Å². The fraction of sp³-hybridized carbons (Fsp3) is 0.100. The molecule has 1 heterocycles. The maximum atomic E-state index is 12.1. The van der Waals surface area contributed by atoms with Crippen molar-refractivity contribution >= 4 is 21.4 Å². The summed E-state index contributed by atoms with van der Waals surface area (Å²) in [7, 11) is -3.90. The number of nitrogens with one attached hydrogen (secondary N) is 2. The number of hydrogen-bond acceptors (Lipinski definition) is 5. The Labute approximate surface area is 108 Å². The minimum absolute atomic E-state index is 0.0503. The van der Waals surface area contributed by atoms with E-state index in [1.165, 1.54) is 24.3 Å². The van der Waals surface area contributed by atoms with Gasteiger partial charge in [0.05, 0.1) is 16.8 Å². The summed E-state index contributed by atoms with van der Waals surface area (Å²) in [4.78, 5) is 10.1. The van der Waals surface area contributed by atoms with Gasteiger partial charge in [0, 0.05) is 6.07 Å². The summed E-state index contributed by atoms with van der Waals surface area (Å²) in [5, 5.41) is 16.9. The zero-order valence-electron chi connectivity index (χ0n) is 9.82. The van der Waals surface area contributed by atoms with Gasteiger partial charge < -0.3 is 0 Å². The molecule has 0 spiro atoms. The number of aromatic nitrogens is 2. The molecular formula is C10H10N4O4S. The summed E-state index contributed by atoms with van der Waals surface area (Å²) in [6.45, 7) is 1.54. The van der Waals surface area contributed by atoms with Crippen LogP contribution in [-0.4, -0.2) is 23.5 Å². The van der Waals surface area contributed by atoms with E-state index in [4.69, 9.17) is 0 Å². The smallest absolute Gasteiger partial charge is 0.281 e. The summed E-state index contributed by atoms with van der Waals surface area (Å²) in [5.41, 5.74) is -0.0496. The van der Waals surface area contributed by atoms with E-state index in [0.29, 0.717) is 5.69 Å². The molecule has 0 radical (unpaired) electrons. The number of nitrogens with zero attached hydrogens (tertiary/aromatic N) is 2. The second-order valence-corrected chi connectivity index (χ2v) is 5.39. The lowest BCUT2D eigenvalue weighted by molar-refractivity contribution is -0.383. The zero-order chi connectivity index (χ0) is 14.0. The Kier molecular flexibility index (Phi) is 3.21. The van der Waals surface area contributed by atoms with Crippen molar-refractivity contribution in [3.05, 3.63) is 46.3 Å². The van der Waals surface area contributed by atoms with Gasteiger partial charge in [0.25, 0.3) is 15.7 Å². The third-order valence-corrected chi connectivity index (χ3v) is 3.90. The number of rotatable bonds is 4. The van der Waals surface area contributed by atoms with Gasteiger partial charge in [0.15, 0.2) is 0 Å². The maximum Gasteiger partial charge on any atom is 0.293 e. The van der Waals surface area contributed by atoms with Crippen molar-refractivity contribution in [3.63, 3.8) is 0 Å². The number of sulfonamides is 1. The highest BCUT2D eigenvalue weighted by molar-refractivity contribution is 7.92. The van der Waals surface area contributed by atoms with Gasteiger partial charge >= 0.3 is 0 Å². The Morgan fingerprint density at radius 1 is 1.37 bits per heavy atom. The fourth-order valence-corrected chi connectivity index (χ4v) is 2.74. The summed E-state index contributed by atoms with van der Waals surface area (Å²) >= 11 is 0. The standard InChI is InChI=1S/C10H10N4O4S/c1-7-10(6-11-12-7)19(17,18)13-8-4-2-3-5-9(8)14(15)16/h2-6,13H,1H3,(H,11,12). The minimum Gasteiger partial charge on any atom is -0.281 e. The first-order valence-corrected chi connectivity index (χ1v) is 6.66. The van der Waals surface area contributed by atoms with Crippen molar-refractivity contribution in [2.24, 2.45) is 0 Å². The molecule has 0 fully saturated rings. The van der Waals surface area contributed by atoms with Crippen molar-refractivity contribution in [1.29, 1.82) is 0 Å². The SMILES string of the molecule is Cc1[nH]ncc1S(=O)(=O)Nc1ccccc1[N+](=O)[O-]. The van der Waals surface area contributed by atoms with Crippen LogP contribution in [0.15, 0.2) is 35.4 Å². The van der Waals surface area contributed by atoms with Gasteiger partial charge in [-0.15, -0.1) is 0 Å². The Balaban J connectivity index is 2.42. The Morgan fingerprint density at radius 2 is 2.05 bits per heavy atom. The van der Waals surface area contributed by atoms with Crippen LogP contribution >= 0.6 is 0 Å². The second kappa shape index (κ2) is 4.69. The Morgan fingerprint density at radius 3 is 2.63 bits per heavy atom. The number of para-hydroxylation sites is 2. The number of anilines is 1. The summed E-state index contributed by atoms with van der Waals surface area (Å²) in [6.07, 6.45) is 1.15. The van der Waals surface area contributed by atoms with E-state index in [1.807, 2.05) is 0 Å². The molecular weight excluding hydrogens is 272 g/mol. The van der Waals surface area contributed by atoms with Crippen LogP contribution in [-0.2, 0) is 10.0 Å². The fourth-order valence-electron chi connectivity index (χ4n) is 1.53. The predicted octanol–water partition coefficient (Wildman–Crippen LogP) is 1.43. The van der Waals surface area contributed by atoms with Crippen molar-refractivity contribution < 1.29 is 13.3 Å². The lowest BCUT2D eigenvalue weighted by Crippen LogP contribution is -2.14. The number of aromatic amines is 1. The molecule has 9 heteroatoms. The molecule has 2 rings (SSSR count). The monoisotopic (exact) mass is 282 g/mol. The van der Waals surface area contributed by atoms with Crippen LogP contribution in [0.5, 0.6) is 0 Å². The van der Waals surface area contributed by atoms with Crippen LogP contribution in [0.3, 0.4) is 0 Å². The molecule has 2 N–H and O–H groups in total. The Hall–Kier alpha value is -2.42. The average molecular weight is 282 g/mol. The quantitative estimate of drug-likeness (QED) is 0.649. The molecule has 0 atom stereocenters. The molecule has 0 aliphatic rings. The second-order valence-electron chi connectivity index (χ2n) is 3.74. The van der Waals surface area contributed by atoms with Gasteiger partial charge in [-0.2, -0.15) is 5.10 Å². The van der Waals surface area contributed by atoms with Gasteiger partial charge in [0.1, 0.15) is 10.6 Å². The van der Waals surface area contributed by atoms with Crippen LogP contribution in [0.25, 0.3) is 0 Å². The van der Waals surface area contributed by atoms with Crippen molar-refractivity contribution in [3.8, 4) is 0 Å². The van der Waals surface area contributed by atoms with E-state index >= 15 is 0 Å². The van der Waals surface area contributed by atoms with Gasteiger partial charge in [-0.1, -0.05) is 12.1 Å². The topological polar surface area (TPSA) is 118 Å².